The van der Waals surface area contributed by atoms with Gasteiger partial charge in [-0.25, -0.2) is 4.98 Å². The molecule has 2 aromatic carbocycles. The fourth-order valence-electron chi connectivity index (χ4n) is 2.63. The van der Waals surface area contributed by atoms with Crippen LogP contribution in [0, 0.1) is 0 Å². The van der Waals surface area contributed by atoms with Crippen LogP contribution in [0.5, 0.6) is 0 Å². The largest absolute Gasteiger partial charge is 0.324 e. The van der Waals surface area contributed by atoms with Gasteiger partial charge in [-0.1, -0.05) is 53.3 Å². The van der Waals surface area contributed by atoms with E-state index < -0.39 is 0 Å². The highest BCUT2D eigenvalue weighted by atomic mass is 35.5. The third-order valence-corrected chi connectivity index (χ3v) is 6.44. The average Bonchev–Trinajstić information content (AvgIpc) is 3.32. The summed E-state index contributed by atoms with van der Waals surface area (Å²) >= 11 is 9.60. The van der Waals surface area contributed by atoms with E-state index in [4.69, 9.17) is 11.6 Å². The van der Waals surface area contributed by atoms with Gasteiger partial charge in [-0.3, -0.25) is 0 Å². The van der Waals surface area contributed by atoms with Crippen LogP contribution in [0.3, 0.4) is 0 Å². The summed E-state index contributed by atoms with van der Waals surface area (Å²) in [7, 11) is 0. The second-order valence-electron chi connectivity index (χ2n) is 5.38. The number of hydrogen-bond acceptors (Lipinski definition) is 6. The molecule has 0 radical (unpaired) electrons. The number of imidazole rings is 1. The molecule has 5 aromatic rings. The minimum absolute atomic E-state index is 0.645. The van der Waals surface area contributed by atoms with E-state index in [1.807, 2.05) is 42.5 Å². The predicted octanol–water partition coefficient (Wildman–Crippen LogP) is 5.69. The molecule has 3 aromatic heterocycles. The number of para-hydroxylation sites is 2. The van der Waals surface area contributed by atoms with E-state index in [1.165, 1.54) is 11.3 Å². The Balaban J connectivity index is 1.49. The van der Waals surface area contributed by atoms with E-state index in [9.17, 15) is 0 Å². The average molecular weight is 384 g/mol. The van der Waals surface area contributed by atoms with Gasteiger partial charge in [-0.05, 0) is 18.2 Å². The molecule has 0 bridgehead atoms. The standard InChI is InChI=1S/C17H10ClN5S2/c18-13-9-5-1-4-8-12(9)24-14(13)15-22-23-17(25-15)21-16-19-10-6-2-3-7-11(10)20-16/h1-8H,(H2,19,20,21,23). The summed E-state index contributed by atoms with van der Waals surface area (Å²) in [5.74, 6) is 0.645. The number of nitrogens with one attached hydrogen (secondary N) is 2. The van der Waals surface area contributed by atoms with Crippen LogP contribution in [0.15, 0.2) is 48.5 Å². The lowest BCUT2D eigenvalue weighted by atomic mass is 10.2. The van der Waals surface area contributed by atoms with Gasteiger partial charge in [-0.2, -0.15) is 0 Å². The highest BCUT2D eigenvalue weighted by Gasteiger charge is 2.16. The Labute approximate surface area is 155 Å². The molecule has 0 aliphatic carbocycles. The van der Waals surface area contributed by atoms with Crippen LogP contribution < -0.4 is 5.32 Å². The second-order valence-corrected chi connectivity index (χ2v) is 7.79. The van der Waals surface area contributed by atoms with Gasteiger partial charge >= 0.3 is 0 Å². The summed E-state index contributed by atoms with van der Waals surface area (Å²) in [6.45, 7) is 0. The van der Waals surface area contributed by atoms with Crippen molar-refractivity contribution in [2.24, 2.45) is 0 Å². The number of hydrogen-bond donors (Lipinski definition) is 2. The zero-order valence-electron chi connectivity index (χ0n) is 12.7. The zero-order valence-corrected chi connectivity index (χ0v) is 15.0. The van der Waals surface area contributed by atoms with Gasteiger partial charge < -0.3 is 10.3 Å². The molecule has 3 heterocycles. The Kier molecular flexibility index (Phi) is 3.44. The predicted molar refractivity (Wildman–Crippen MR) is 105 cm³/mol. The Hall–Kier alpha value is -2.48. The number of fused-ring (bicyclic) bond motifs is 2. The molecule has 0 saturated heterocycles. The molecule has 5 nitrogen and oxygen atoms in total. The molecule has 5 rings (SSSR count). The minimum Gasteiger partial charge on any atom is -0.324 e. The van der Waals surface area contributed by atoms with Crippen molar-refractivity contribution in [1.29, 1.82) is 0 Å². The molecular weight excluding hydrogens is 374 g/mol. The van der Waals surface area contributed by atoms with Crippen LogP contribution in [0.25, 0.3) is 31.0 Å². The van der Waals surface area contributed by atoms with Crippen LogP contribution >= 0.6 is 34.3 Å². The summed E-state index contributed by atoms with van der Waals surface area (Å²) in [6, 6.07) is 15.9. The molecule has 0 spiro atoms. The van der Waals surface area contributed by atoms with Gasteiger partial charge in [0, 0.05) is 10.1 Å². The molecule has 0 unspecified atom stereocenters. The normalized spacial score (nSPS) is 11.4. The number of aromatic amines is 1. The molecule has 0 saturated carbocycles. The first kappa shape index (κ1) is 14.8. The second kappa shape index (κ2) is 5.80. The van der Waals surface area contributed by atoms with Crippen LogP contribution in [0.1, 0.15) is 0 Å². The number of halogens is 1. The van der Waals surface area contributed by atoms with E-state index in [0.717, 1.165) is 36.0 Å². The van der Waals surface area contributed by atoms with Crippen LogP contribution in [0.4, 0.5) is 11.1 Å². The fourth-order valence-corrected chi connectivity index (χ4v) is 5.03. The Morgan fingerprint density at radius 1 is 0.960 bits per heavy atom. The summed E-state index contributed by atoms with van der Waals surface area (Å²) in [5.41, 5.74) is 1.88. The smallest absolute Gasteiger partial charge is 0.212 e. The van der Waals surface area contributed by atoms with Crippen molar-refractivity contribution in [3.8, 4) is 9.88 Å². The van der Waals surface area contributed by atoms with Crippen LogP contribution in [-0.2, 0) is 0 Å². The van der Waals surface area contributed by atoms with Crippen molar-refractivity contribution in [1.82, 2.24) is 20.2 Å². The van der Waals surface area contributed by atoms with E-state index in [2.05, 4.69) is 31.5 Å². The molecule has 8 heteroatoms. The summed E-state index contributed by atoms with van der Waals surface area (Å²) in [5, 5.41) is 14.9. The number of thiophene rings is 1. The number of anilines is 2. The van der Waals surface area contributed by atoms with E-state index in [0.29, 0.717) is 11.1 Å². The summed E-state index contributed by atoms with van der Waals surface area (Å²) in [4.78, 5) is 8.65. The third kappa shape index (κ3) is 2.57. The van der Waals surface area contributed by atoms with Crippen molar-refractivity contribution in [3.63, 3.8) is 0 Å². The molecule has 0 atom stereocenters. The molecular formula is C17H10ClN5S2. The summed E-state index contributed by atoms with van der Waals surface area (Å²) in [6.07, 6.45) is 0. The third-order valence-electron chi connectivity index (χ3n) is 3.77. The highest BCUT2D eigenvalue weighted by molar-refractivity contribution is 7.27. The van der Waals surface area contributed by atoms with Gasteiger partial charge in [0.2, 0.25) is 11.1 Å². The Bertz CT molecular complexity index is 1170. The van der Waals surface area contributed by atoms with Gasteiger partial charge in [0.05, 0.1) is 20.9 Å². The number of aromatic nitrogens is 4. The first-order valence-electron chi connectivity index (χ1n) is 7.50. The maximum atomic E-state index is 6.52. The molecule has 2 N–H and O–H groups in total. The first-order chi connectivity index (χ1) is 12.3. The Morgan fingerprint density at radius 3 is 2.68 bits per heavy atom. The van der Waals surface area contributed by atoms with Crippen LogP contribution in [0.2, 0.25) is 5.02 Å². The van der Waals surface area contributed by atoms with Crippen molar-refractivity contribution in [3.05, 3.63) is 53.6 Å². The number of benzene rings is 2. The molecule has 25 heavy (non-hydrogen) atoms. The zero-order chi connectivity index (χ0) is 16.8. The number of H-pyrrole nitrogens is 1. The van der Waals surface area contributed by atoms with Crippen molar-refractivity contribution < 1.29 is 0 Å². The van der Waals surface area contributed by atoms with Gasteiger partial charge in [0.1, 0.15) is 0 Å². The molecule has 0 amide bonds. The minimum atomic E-state index is 0.645. The van der Waals surface area contributed by atoms with Crippen molar-refractivity contribution in [2.75, 3.05) is 5.32 Å². The van der Waals surface area contributed by atoms with Gasteiger partial charge in [0.25, 0.3) is 0 Å². The lowest BCUT2D eigenvalue weighted by molar-refractivity contribution is 1.09. The lowest BCUT2D eigenvalue weighted by Crippen LogP contribution is -1.90. The first-order valence-corrected chi connectivity index (χ1v) is 9.52. The van der Waals surface area contributed by atoms with Crippen molar-refractivity contribution in [2.45, 2.75) is 0 Å². The van der Waals surface area contributed by atoms with Gasteiger partial charge in [0.15, 0.2) is 5.01 Å². The topological polar surface area (TPSA) is 66.5 Å². The van der Waals surface area contributed by atoms with Gasteiger partial charge in [-0.15, -0.1) is 21.5 Å². The Morgan fingerprint density at radius 2 is 1.80 bits per heavy atom. The fraction of sp³-hybridized carbons (Fsp3) is 0. The SMILES string of the molecule is Clc1c(-c2nnc(Nc3nc4ccccc4[nH]3)s2)sc2ccccc12. The van der Waals surface area contributed by atoms with E-state index >= 15 is 0 Å². The highest BCUT2D eigenvalue weighted by Crippen LogP contribution is 2.43. The molecule has 122 valence electrons. The van der Waals surface area contributed by atoms with E-state index in [1.54, 1.807) is 11.3 Å². The molecule has 0 aliphatic heterocycles. The maximum Gasteiger partial charge on any atom is 0.212 e. The molecule has 0 aliphatic rings. The van der Waals surface area contributed by atoms with E-state index in [-0.39, 0.29) is 0 Å². The maximum absolute atomic E-state index is 6.52. The monoisotopic (exact) mass is 383 g/mol. The molecule has 0 fully saturated rings. The van der Waals surface area contributed by atoms with Crippen LogP contribution in [-0.4, -0.2) is 20.2 Å². The quantitative estimate of drug-likeness (QED) is 0.419. The summed E-state index contributed by atoms with van der Waals surface area (Å²) < 4.78 is 1.14. The number of nitrogens with zero attached hydrogens (tertiary/aromatic N) is 3. The number of rotatable bonds is 3. The lowest BCUT2D eigenvalue weighted by Gasteiger charge is -1.94. The van der Waals surface area contributed by atoms with Crippen molar-refractivity contribution >= 4 is 66.5 Å².